The number of benzene rings is 1. The Morgan fingerprint density at radius 2 is 2.00 bits per heavy atom. The largest absolute Gasteiger partial charge is 0.487 e. The van der Waals surface area contributed by atoms with Crippen molar-refractivity contribution in [1.29, 1.82) is 0 Å². The van der Waals surface area contributed by atoms with Crippen molar-refractivity contribution in [1.82, 2.24) is 9.21 Å². The SMILES string of the molecule is CC(C)C#Cc1ccc2c(c1)O[C@H](CN(C)C)[C@H](C)CN([C@H](C)CO)S2(=O)=O. The first-order valence-electron chi connectivity index (χ1n) is 9.66. The molecule has 6 nitrogen and oxygen atoms in total. The third-order valence-electron chi connectivity index (χ3n) is 4.72. The van der Waals surface area contributed by atoms with Crippen molar-refractivity contribution in [3.63, 3.8) is 0 Å². The number of aliphatic hydroxyl groups excluding tert-OH is 1. The van der Waals surface area contributed by atoms with Gasteiger partial charge in [-0.15, -0.1) is 0 Å². The molecule has 1 N–H and O–H groups in total. The van der Waals surface area contributed by atoms with Crippen LogP contribution in [0.15, 0.2) is 23.1 Å². The number of nitrogens with zero attached hydrogens (tertiary/aromatic N) is 2. The normalized spacial score (nSPS) is 23.2. The van der Waals surface area contributed by atoms with E-state index in [1.807, 2.05) is 39.8 Å². The number of hydrogen-bond donors (Lipinski definition) is 1. The van der Waals surface area contributed by atoms with E-state index in [2.05, 4.69) is 11.8 Å². The summed E-state index contributed by atoms with van der Waals surface area (Å²) in [5.74, 6) is 6.67. The second kappa shape index (κ2) is 9.27. The molecule has 3 atom stereocenters. The molecule has 0 saturated heterocycles. The molecule has 1 aromatic rings. The van der Waals surface area contributed by atoms with Crippen LogP contribution in [-0.2, 0) is 10.0 Å². The van der Waals surface area contributed by atoms with Crippen molar-refractivity contribution >= 4 is 10.0 Å². The zero-order chi connectivity index (χ0) is 21.1. The molecule has 28 heavy (non-hydrogen) atoms. The molecular weight excluding hydrogens is 376 g/mol. The van der Waals surface area contributed by atoms with Gasteiger partial charge in [-0.1, -0.05) is 32.6 Å². The van der Waals surface area contributed by atoms with Crippen LogP contribution in [0.4, 0.5) is 0 Å². The summed E-state index contributed by atoms with van der Waals surface area (Å²) in [7, 11) is 0.127. The van der Waals surface area contributed by atoms with Crippen molar-refractivity contribution in [3.8, 4) is 17.6 Å². The predicted octanol–water partition coefficient (Wildman–Crippen LogP) is 2.02. The maximum Gasteiger partial charge on any atom is 0.247 e. The van der Waals surface area contributed by atoms with Gasteiger partial charge in [0, 0.05) is 36.5 Å². The average Bonchev–Trinajstić information content (AvgIpc) is 2.61. The van der Waals surface area contributed by atoms with Crippen LogP contribution in [0.3, 0.4) is 0 Å². The molecule has 7 heteroatoms. The summed E-state index contributed by atoms with van der Waals surface area (Å²) in [5, 5.41) is 9.63. The maximum atomic E-state index is 13.3. The van der Waals surface area contributed by atoms with Crippen molar-refractivity contribution < 1.29 is 18.3 Å². The number of hydrogen-bond acceptors (Lipinski definition) is 5. The molecule has 0 saturated carbocycles. The van der Waals surface area contributed by atoms with Gasteiger partial charge in [-0.2, -0.15) is 4.31 Å². The fourth-order valence-electron chi connectivity index (χ4n) is 3.11. The minimum Gasteiger partial charge on any atom is -0.487 e. The predicted molar refractivity (Wildman–Crippen MR) is 111 cm³/mol. The van der Waals surface area contributed by atoms with E-state index in [0.29, 0.717) is 12.3 Å². The Bertz CT molecular complexity index is 840. The number of likely N-dealkylation sites (N-methyl/N-ethyl adjacent to an activating group) is 1. The maximum absolute atomic E-state index is 13.3. The number of aliphatic hydroxyl groups is 1. The van der Waals surface area contributed by atoms with Gasteiger partial charge in [-0.25, -0.2) is 8.42 Å². The first kappa shape index (κ1) is 22.7. The Hall–Kier alpha value is -1.59. The van der Waals surface area contributed by atoms with E-state index in [0.717, 1.165) is 5.56 Å². The highest BCUT2D eigenvalue weighted by atomic mass is 32.2. The summed E-state index contributed by atoms with van der Waals surface area (Å²) in [6.07, 6.45) is -0.189. The third-order valence-corrected chi connectivity index (χ3v) is 6.74. The second-order valence-corrected chi connectivity index (χ2v) is 9.95. The van der Waals surface area contributed by atoms with E-state index in [1.165, 1.54) is 4.31 Å². The first-order valence-corrected chi connectivity index (χ1v) is 11.1. The molecule has 1 aromatic carbocycles. The highest BCUT2D eigenvalue weighted by Gasteiger charge is 2.37. The quantitative estimate of drug-likeness (QED) is 0.772. The van der Waals surface area contributed by atoms with E-state index in [1.54, 1.807) is 25.1 Å². The Morgan fingerprint density at radius 1 is 1.32 bits per heavy atom. The monoisotopic (exact) mass is 408 g/mol. The Balaban J connectivity index is 2.61. The van der Waals surface area contributed by atoms with Crippen LogP contribution in [0.1, 0.15) is 33.3 Å². The topological polar surface area (TPSA) is 70.1 Å². The minimum absolute atomic E-state index is 0.0512. The summed E-state index contributed by atoms with van der Waals surface area (Å²) in [6, 6.07) is 4.47. The van der Waals surface area contributed by atoms with Crippen molar-refractivity contribution in [2.45, 2.75) is 44.7 Å². The van der Waals surface area contributed by atoms with E-state index in [4.69, 9.17) is 4.74 Å². The fourth-order valence-corrected chi connectivity index (χ4v) is 4.93. The van der Waals surface area contributed by atoms with Gasteiger partial charge in [0.15, 0.2) is 0 Å². The lowest BCUT2D eigenvalue weighted by molar-refractivity contribution is 0.0812. The Kier molecular flexibility index (Phi) is 7.52. The summed E-state index contributed by atoms with van der Waals surface area (Å²) in [5.41, 5.74) is 0.723. The minimum atomic E-state index is -3.80. The molecule has 0 fully saturated rings. The van der Waals surface area contributed by atoms with Crippen molar-refractivity contribution in [2.24, 2.45) is 11.8 Å². The first-order chi connectivity index (χ1) is 13.1. The molecule has 0 spiro atoms. The Morgan fingerprint density at radius 3 is 2.57 bits per heavy atom. The molecule has 0 unspecified atom stereocenters. The number of fused-ring (bicyclic) bond motifs is 1. The molecule has 2 rings (SSSR count). The highest BCUT2D eigenvalue weighted by Crippen LogP contribution is 2.34. The highest BCUT2D eigenvalue weighted by molar-refractivity contribution is 7.89. The zero-order valence-electron chi connectivity index (χ0n) is 17.6. The van der Waals surface area contributed by atoms with Gasteiger partial charge in [0.05, 0.1) is 6.61 Å². The molecule has 0 bridgehead atoms. The van der Waals surface area contributed by atoms with Crippen LogP contribution in [0.2, 0.25) is 0 Å². The van der Waals surface area contributed by atoms with Gasteiger partial charge in [0.1, 0.15) is 16.7 Å². The van der Waals surface area contributed by atoms with Gasteiger partial charge >= 0.3 is 0 Å². The van der Waals surface area contributed by atoms with Gasteiger partial charge in [0.2, 0.25) is 10.0 Å². The molecule has 0 amide bonds. The summed E-state index contributed by atoms with van der Waals surface area (Å²) in [6.45, 7) is 8.42. The average molecular weight is 409 g/mol. The standard InChI is InChI=1S/C21H32N2O4S/c1-15(2)7-8-18-9-10-21-19(11-18)27-20(13-22(5)6)16(3)12-23(17(4)14-24)28(21,25)26/h9-11,15-17,20,24H,12-14H2,1-6H3/t16-,17-,20-/m1/s1. The van der Waals surface area contributed by atoms with Gasteiger partial charge < -0.3 is 14.7 Å². The molecule has 0 aromatic heterocycles. The van der Waals surface area contributed by atoms with Crippen LogP contribution in [-0.4, -0.2) is 68.7 Å². The van der Waals surface area contributed by atoms with Gasteiger partial charge in [-0.05, 0) is 39.2 Å². The fraction of sp³-hybridized carbons (Fsp3) is 0.619. The smallest absolute Gasteiger partial charge is 0.247 e. The Labute approximate surface area is 169 Å². The van der Waals surface area contributed by atoms with Gasteiger partial charge in [-0.3, -0.25) is 0 Å². The zero-order valence-corrected chi connectivity index (χ0v) is 18.5. The lowest BCUT2D eigenvalue weighted by Crippen LogP contribution is -2.49. The van der Waals surface area contributed by atoms with Crippen LogP contribution in [0.5, 0.6) is 5.75 Å². The second-order valence-electron chi connectivity index (χ2n) is 8.09. The van der Waals surface area contributed by atoms with Crippen LogP contribution in [0, 0.1) is 23.7 Å². The third kappa shape index (κ3) is 5.26. The van der Waals surface area contributed by atoms with Crippen LogP contribution < -0.4 is 4.74 Å². The van der Waals surface area contributed by atoms with E-state index in [9.17, 15) is 13.5 Å². The number of ether oxygens (including phenoxy) is 1. The molecule has 0 aliphatic carbocycles. The van der Waals surface area contributed by atoms with E-state index >= 15 is 0 Å². The molecule has 1 heterocycles. The van der Waals surface area contributed by atoms with Crippen LogP contribution in [0.25, 0.3) is 0 Å². The van der Waals surface area contributed by atoms with Crippen LogP contribution >= 0.6 is 0 Å². The molecular formula is C21H32N2O4S. The van der Waals surface area contributed by atoms with Crippen molar-refractivity contribution in [2.75, 3.05) is 33.8 Å². The summed E-state index contributed by atoms with van der Waals surface area (Å²) >= 11 is 0. The summed E-state index contributed by atoms with van der Waals surface area (Å²) < 4.78 is 34.3. The van der Waals surface area contributed by atoms with Crippen molar-refractivity contribution in [3.05, 3.63) is 23.8 Å². The molecule has 1 aliphatic rings. The molecule has 156 valence electrons. The number of sulfonamides is 1. The number of rotatable bonds is 4. The lowest BCUT2D eigenvalue weighted by Gasteiger charge is -2.37. The van der Waals surface area contributed by atoms with E-state index in [-0.39, 0.29) is 36.0 Å². The lowest BCUT2D eigenvalue weighted by atomic mass is 10.0. The van der Waals surface area contributed by atoms with E-state index < -0.39 is 16.1 Å². The molecule has 0 radical (unpaired) electrons. The summed E-state index contributed by atoms with van der Waals surface area (Å²) in [4.78, 5) is 2.15. The van der Waals surface area contributed by atoms with Gasteiger partial charge in [0.25, 0.3) is 0 Å². The molecule has 1 aliphatic heterocycles.